The van der Waals surface area contributed by atoms with Crippen LogP contribution >= 0.6 is 23.5 Å². The van der Waals surface area contributed by atoms with Gasteiger partial charge < -0.3 is 36.0 Å². The normalized spacial score (nSPS) is 16.1. The number of carbonyl (C=O) groups is 7. The van der Waals surface area contributed by atoms with Gasteiger partial charge in [0.1, 0.15) is 31.3 Å². The summed E-state index contributed by atoms with van der Waals surface area (Å²) in [7, 11) is 0. The third kappa shape index (κ3) is 13.8. The number of nitrogens with zero attached hydrogens (tertiary/aromatic N) is 1. The van der Waals surface area contributed by atoms with Gasteiger partial charge >= 0.3 is 11.9 Å². The lowest BCUT2D eigenvalue weighted by Crippen LogP contribution is -2.56. The highest BCUT2D eigenvalue weighted by Gasteiger charge is 2.38. The summed E-state index contributed by atoms with van der Waals surface area (Å²) in [5.41, 5.74) is 4.38. The maximum absolute atomic E-state index is 14.0. The van der Waals surface area contributed by atoms with Crippen molar-refractivity contribution >= 4 is 65.0 Å². The number of likely N-dealkylation sites (tertiary alicyclic amines) is 1. The number of rotatable bonds is 18. The smallest absolute Gasteiger partial charge is 0.322 e. The van der Waals surface area contributed by atoms with E-state index in [4.69, 9.17) is 9.84 Å². The molecule has 1 aliphatic carbocycles. The van der Waals surface area contributed by atoms with Crippen LogP contribution in [0.5, 0.6) is 0 Å². The average molecular weight is 826 g/mol. The van der Waals surface area contributed by atoms with Gasteiger partial charge in [0.25, 0.3) is 0 Å². The van der Waals surface area contributed by atoms with E-state index in [9.17, 15) is 33.6 Å². The quantitative estimate of drug-likeness (QED) is 0.138. The zero-order valence-corrected chi connectivity index (χ0v) is 35.1. The molecule has 2 aromatic carbocycles. The lowest BCUT2D eigenvalue weighted by atomic mass is 9.98. The second-order valence-electron chi connectivity index (χ2n) is 16.0. The van der Waals surface area contributed by atoms with Gasteiger partial charge in [-0.25, -0.2) is 0 Å². The van der Waals surface area contributed by atoms with E-state index in [1.807, 2.05) is 90.1 Å². The van der Waals surface area contributed by atoms with Crippen LogP contribution in [0, 0.1) is 0 Å². The maximum Gasteiger partial charge on any atom is 0.322 e. The first-order valence-corrected chi connectivity index (χ1v) is 21.1. The van der Waals surface area contributed by atoms with E-state index in [1.165, 1.54) is 28.4 Å². The summed E-state index contributed by atoms with van der Waals surface area (Å²) in [5.74, 6) is -4.30. The molecule has 4 rings (SSSR count). The number of benzene rings is 2. The Morgan fingerprint density at radius 3 is 1.91 bits per heavy atom. The number of hydrogen-bond donors (Lipinski definition) is 5. The maximum atomic E-state index is 14.0. The fourth-order valence-corrected chi connectivity index (χ4v) is 8.31. The molecule has 310 valence electrons. The Balaban J connectivity index is 1.31. The number of esters is 1. The molecule has 5 amide bonds. The highest BCUT2D eigenvalue weighted by molar-refractivity contribution is 8.00. The van der Waals surface area contributed by atoms with Crippen molar-refractivity contribution in [3.05, 3.63) is 59.7 Å². The van der Waals surface area contributed by atoms with Crippen molar-refractivity contribution in [1.29, 1.82) is 0 Å². The largest absolute Gasteiger partial charge is 0.480 e. The minimum absolute atomic E-state index is 0.113. The molecule has 0 aromatic heterocycles. The predicted molar refractivity (Wildman–Crippen MR) is 221 cm³/mol. The number of carboxylic acids is 1. The first kappa shape index (κ1) is 45.1. The Morgan fingerprint density at radius 1 is 0.772 bits per heavy atom. The van der Waals surface area contributed by atoms with E-state index >= 15 is 0 Å². The van der Waals surface area contributed by atoms with Crippen molar-refractivity contribution in [2.75, 3.05) is 37.7 Å². The molecule has 1 fully saturated rings. The number of ether oxygens (including phenoxy) is 1. The zero-order chi connectivity index (χ0) is 41.9. The number of aliphatic carboxylic acids is 1. The molecule has 5 N–H and O–H groups in total. The lowest BCUT2D eigenvalue weighted by Gasteiger charge is -2.30. The molecule has 0 unspecified atom stereocenters. The van der Waals surface area contributed by atoms with Crippen LogP contribution in [0.2, 0.25) is 0 Å². The molecule has 1 aliphatic heterocycles. The summed E-state index contributed by atoms with van der Waals surface area (Å²) in [6, 6.07) is 13.1. The Labute approximate surface area is 342 Å². The van der Waals surface area contributed by atoms with Crippen molar-refractivity contribution in [3.63, 3.8) is 0 Å². The van der Waals surface area contributed by atoms with Crippen LogP contribution in [0.25, 0.3) is 11.1 Å². The third-order valence-electron chi connectivity index (χ3n) is 9.26. The Kier molecular flexibility index (Phi) is 16.0. The minimum atomic E-state index is -1.23. The van der Waals surface area contributed by atoms with Gasteiger partial charge in [0.15, 0.2) is 0 Å². The number of carboxylic acid groups (broad SMARTS) is 1. The zero-order valence-electron chi connectivity index (χ0n) is 33.5. The Hall–Kier alpha value is -4.57. The SMILES string of the molecule is CC(C)(C)SC[C@H](NC(=O)CNC(=O)[C@@H]1CCCN1C(=O)[C@H](CSC(C)(C)C)NC(=O)CCC(=O)OCC1c2ccccc2-c2ccccc21)C(=O)NCC(=O)O. The number of amides is 5. The van der Waals surface area contributed by atoms with Gasteiger partial charge in [-0.05, 0) is 35.1 Å². The number of fused-ring (bicyclic) bond motifs is 3. The fraction of sp³-hybridized carbons (Fsp3) is 0.537. The van der Waals surface area contributed by atoms with E-state index in [0.29, 0.717) is 12.8 Å². The molecule has 0 spiro atoms. The molecule has 0 saturated carbocycles. The summed E-state index contributed by atoms with van der Waals surface area (Å²) in [6.45, 7) is 11.1. The molecule has 2 aliphatic rings. The monoisotopic (exact) mass is 825 g/mol. The van der Waals surface area contributed by atoms with Gasteiger partial charge in [0, 0.05) is 39.9 Å². The van der Waals surface area contributed by atoms with Crippen LogP contribution in [-0.4, -0.2) is 117 Å². The van der Waals surface area contributed by atoms with Crippen molar-refractivity contribution in [1.82, 2.24) is 26.2 Å². The van der Waals surface area contributed by atoms with Crippen LogP contribution in [0.4, 0.5) is 0 Å². The van der Waals surface area contributed by atoms with Crippen LogP contribution in [0.1, 0.15) is 84.3 Å². The first-order valence-electron chi connectivity index (χ1n) is 19.1. The minimum Gasteiger partial charge on any atom is -0.480 e. The molecular formula is C41H55N5O9S2. The highest BCUT2D eigenvalue weighted by Crippen LogP contribution is 2.44. The Morgan fingerprint density at radius 2 is 1.33 bits per heavy atom. The molecular weight excluding hydrogens is 771 g/mol. The summed E-state index contributed by atoms with van der Waals surface area (Å²) in [4.78, 5) is 91.4. The second-order valence-corrected chi connectivity index (χ2v) is 19.7. The van der Waals surface area contributed by atoms with Crippen molar-refractivity contribution in [2.24, 2.45) is 0 Å². The molecule has 2 aromatic rings. The summed E-state index contributed by atoms with van der Waals surface area (Å²) in [5, 5.41) is 19.2. The van der Waals surface area contributed by atoms with E-state index in [-0.39, 0.29) is 52.9 Å². The molecule has 1 saturated heterocycles. The molecule has 3 atom stereocenters. The summed E-state index contributed by atoms with van der Waals surface area (Å²) >= 11 is 2.88. The lowest BCUT2D eigenvalue weighted by molar-refractivity contribution is -0.145. The van der Waals surface area contributed by atoms with Crippen LogP contribution < -0.4 is 21.3 Å². The number of thioether (sulfide) groups is 2. The van der Waals surface area contributed by atoms with Crippen LogP contribution in [-0.2, 0) is 38.3 Å². The third-order valence-corrected chi connectivity index (χ3v) is 12.0. The van der Waals surface area contributed by atoms with Gasteiger partial charge in [0.05, 0.1) is 13.0 Å². The van der Waals surface area contributed by atoms with Gasteiger partial charge in [-0.1, -0.05) is 90.1 Å². The van der Waals surface area contributed by atoms with Gasteiger partial charge in [-0.2, -0.15) is 23.5 Å². The van der Waals surface area contributed by atoms with E-state index in [2.05, 4.69) is 21.3 Å². The van der Waals surface area contributed by atoms with Crippen LogP contribution in [0.15, 0.2) is 48.5 Å². The number of carbonyl (C=O) groups excluding carboxylic acids is 6. The molecule has 16 heteroatoms. The topological polar surface area (TPSA) is 200 Å². The fourth-order valence-electron chi connectivity index (χ4n) is 6.51. The molecule has 0 radical (unpaired) electrons. The summed E-state index contributed by atoms with van der Waals surface area (Å²) in [6.07, 6.45) is 0.503. The van der Waals surface area contributed by atoms with Crippen molar-refractivity contribution < 1.29 is 43.4 Å². The van der Waals surface area contributed by atoms with E-state index in [1.54, 1.807) is 0 Å². The molecule has 14 nitrogen and oxygen atoms in total. The molecule has 57 heavy (non-hydrogen) atoms. The molecule has 0 bridgehead atoms. The van der Waals surface area contributed by atoms with Gasteiger partial charge in [-0.3, -0.25) is 33.6 Å². The Bertz CT molecular complexity index is 1760. The van der Waals surface area contributed by atoms with Crippen molar-refractivity contribution in [2.45, 2.75) is 101 Å². The summed E-state index contributed by atoms with van der Waals surface area (Å²) < 4.78 is 5.18. The predicted octanol–water partition coefficient (Wildman–Crippen LogP) is 3.46. The van der Waals surface area contributed by atoms with Crippen LogP contribution in [0.3, 0.4) is 0 Å². The van der Waals surface area contributed by atoms with E-state index in [0.717, 1.165) is 22.3 Å². The number of nitrogens with one attached hydrogen (secondary N) is 4. The number of hydrogen-bond acceptors (Lipinski definition) is 10. The first-order chi connectivity index (χ1) is 26.8. The second kappa shape index (κ2) is 20.2. The van der Waals surface area contributed by atoms with E-state index < -0.39 is 72.7 Å². The van der Waals surface area contributed by atoms with Gasteiger partial charge in [0.2, 0.25) is 29.5 Å². The van der Waals surface area contributed by atoms with Crippen molar-refractivity contribution in [3.8, 4) is 11.1 Å². The molecule has 1 heterocycles. The van der Waals surface area contributed by atoms with Gasteiger partial charge in [-0.15, -0.1) is 0 Å². The standard InChI is InChI=1S/C41H55N5O9S2/c1-40(2,3)56-23-30(37(52)43-21-35(49)50)44-34(48)20-42-38(53)32-16-11-19-46(32)39(54)31(24-57-41(4,5)6)45-33(47)17-18-36(51)55-22-29-27-14-9-7-12-25(27)26-13-8-10-15-28(26)29/h7-10,12-15,29-32H,11,16-24H2,1-6H3,(H,42,53)(H,43,52)(H,44,48)(H,45,47)(H,49,50)/t30-,31-,32-/m0/s1. The average Bonchev–Trinajstić information content (AvgIpc) is 3.77. The highest BCUT2D eigenvalue weighted by atomic mass is 32.2.